The molecule has 0 radical (unpaired) electrons. The van der Waals surface area contributed by atoms with E-state index in [2.05, 4.69) is 31.3 Å². The Balaban J connectivity index is 1.50. The van der Waals surface area contributed by atoms with Crippen LogP contribution in [0, 0.1) is 11.7 Å². The van der Waals surface area contributed by atoms with E-state index >= 15 is 0 Å². The lowest BCUT2D eigenvalue weighted by Gasteiger charge is -2.14. The second-order valence-corrected chi connectivity index (χ2v) is 7.17. The largest absolute Gasteiger partial charge is 0.354 e. The fourth-order valence-electron chi connectivity index (χ4n) is 3.15. The van der Waals surface area contributed by atoms with Crippen LogP contribution in [0.5, 0.6) is 0 Å². The van der Waals surface area contributed by atoms with Crippen LogP contribution in [0.1, 0.15) is 54.8 Å². The summed E-state index contributed by atoms with van der Waals surface area (Å²) >= 11 is 0. The summed E-state index contributed by atoms with van der Waals surface area (Å²) in [5.74, 6) is 0.440. The van der Waals surface area contributed by atoms with Crippen molar-refractivity contribution >= 4 is 5.91 Å². The zero-order valence-electron chi connectivity index (χ0n) is 14.7. The minimum Gasteiger partial charge on any atom is -0.354 e. The highest BCUT2D eigenvalue weighted by Gasteiger charge is 2.43. The van der Waals surface area contributed by atoms with Crippen LogP contribution in [0.15, 0.2) is 48.5 Å². The molecule has 3 atom stereocenters. The quantitative estimate of drug-likeness (QED) is 0.839. The van der Waals surface area contributed by atoms with Crippen LogP contribution >= 0.6 is 0 Å². The van der Waals surface area contributed by atoms with E-state index in [-0.39, 0.29) is 29.6 Å². The molecule has 2 aromatic rings. The molecular formula is C21H25FN2O. The van der Waals surface area contributed by atoms with Gasteiger partial charge in [0.15, 0.2) is 0 Å². The van der Waals surface area contributed by atoms with Crippen LogP contribution < -0.4 is 11.1 Å². The fourth-order valence-corrected chi connectivity index (χ4v) is 3.15. The van der Waals surface area contributed by atoms with Crippen molar-refractivity contribution in [3.8, 4) is 0 Å². The molecule has 3 N–H and O–H groups in total. The average Bonchev–Trinajstić information content (AvgIpc) is 3.41. The molecule has 3 rings (SSSR count). The maximum absolute atomic E-state index is 13.0. The standard InChI is InChI=1S/C21H25FN2O/c1-13(2)14-3-5-16(6-4-14)20(23)12-24-21(25)19-11-18(19)15-7-9-17(22)10-8-15/h3-10,13,18-20H,11-12,23H2,1-2H3,(H,24,25). The van der Waals surface area contributed by atoms with Gasteiger partial charge in [-0.3, -0.25) is 4.79 Å². The summed E-state index contributed by atoms with van der Waals surface area (Å²) in [6, 6.07) is 14.4. The molecule has 2 aromatic carbocycles. The lowest BCUT2D eigenvalue weighted by Crippen LogP contribution is -2.33. The number of carbonyl (C=O) groups excluding carboxylic acids is 1. The predicted octanol–water partition coefficient (Wildman–Crippen LogP) is 3.87. The minimum atomic E-state index is -0.250. The second kappa shape index (κ2) is 7.36. The van der Waals surface area contributed by atoms with Gasteiger partial charge in [0.1, 0.15) is 5.82 Å². The monoisotopic (exact) mass is 340 g/mol. The van der Waals surface area contributed by atoms with Crippen LogP contribution in [0.3, 0.4) is 0 Å². The molecule has 1 fully saturated rings. The molecule has 1 amide bonds. The molecule has 1 aliphatic carbocycles. The van der Waals surface area contributed by atoms with Gasteiger partial charge in [0, 0.05) is 18.5 Å². The Kier molecular flexibility index (Phi) is 5.19. The summed E-state index contributed by atoms with van der Waals surface area (Å²) in [5, 5.41) is 2.95. The van der Waals surface area contributed by atoms with E-state index in [0.29, 0.717) is 12.5 Å². The first kappa shape index (κ1) is 17.6. The van der Waals surface area contributed by atoms with E-state index < -0.39 is 0 Å². The van der Waals surface area contributed by atoms with E-state index in [4.69, 9.17) is 5.73 Å². The number of nitrogens with one attached hydrogen (secondary N) is 1. The van der Waals surface area contributed by atoms with Gasteiger partial charge in [-0.25, -0.2) is 4.39 Å². The molecule has 0 heterocycles. The molecule has 1 saturated carbocycles. The van der Waals surface area contributed by atoms with Crippen LogP contribution in [0.2, 0.25) is 0 Å². The third-order valence-corrected chi connectivity index (χ3v) is 4.95. The van der Waals surface area contributed by atoms with Gasteiger partial charge in [0.2, 0.25) is 5.91 Å². The van der Waals surface area contributed by atoms with E-state index in [1.54, 1.807) is 12.1 Å². The van der Waals surface area contributed by atoms with Gasteiger partial charge in [0.05, 0.1) is 0 Å². The molecule has 25 heavy (non-hydrogen) atoms. The van der Waals surface area contributed by atoms with Gasteiger partial charge >= 0.3 is 0 Å². The zero-order valence-corrected chi connectivity index (χ0v) is 14.7. The number of benzene rings is 2. The van der Waals surface area contributed by atoms with Crippen molar-refractivity contribution in [2.24, 2.45) is 11.7 Å². The van der Waals surface area contributed by atoms with Crippen LogP contribution in [-0.4, -0.2) is 12.5 Å². The van der Waals surface area contributed by atoms with Gasteiger partial charge in [0.25, 0.3) is 0 Å². The van der Waals surface area contributed by atoms with Crippen molar-refractivity contribution in [1.29, 1.82) is 0 Å². The SMILES string of the molecule is CC(C)c1ccc(C(N)CNC(=O)C2CC2c2ccc(F)cc2)cc1. The third-order valence-electron chi connectivity index (χ3n) is 4.95. The topological polar surface area (TPSA) is 55.1 Å². The molecule has 0 spiro atoms. The Morgan fingerprint density at radius 3 is 2.32 bits per heavy atom. The minimum absolute atomic E-state index is 0.0269. The number of amides is 1. The van der Waals surface area contributed by atoms with Crippen molar-refractivity contribution < 1.29 is 9.18 Å². The summed E-state index contributed by atoms with van der Waals surface area (Å²) in [6.07, 6.45) is 0.815. The van der Waals surface area contributed by atoms with Crippen LogP contribution in [0.4, 0.5) is 4.39 Å². The third kappa shape index (κ3) is 4.26. The van der Waals surface area contributed by atoms with Crippen molar-refractivity contribution in [2.75, 3.05) is 6.54 Å². The molecule has 0 aromatic heterocycles. The van der Waals surface area contributed by atoms with Crippen LogP contribution in [0.25, 0.3) is 0 Å². The van der Waals surface area contributed by atoms with Crippen molar-refractivity contribution in [3.63, 3.8) is 0 Å². The van der Waals surface area contributed by atoms with Gasteiger partial charge in [-0.05, 0) is 47.1 Å². The predicted molar refractivity (Wildman–Crippen MR) is 97.7 cm³/mol. The normalized spacial score (nSPS) is 20.4. The molecule has 3 unspecified atom stereocenters. The molecule has 0 aliphatic heterocycles. The summed E-state index contributed by atoms with van der Waals surface area (Å²) < 4.78 is 13.0. The molecule has 0 saturated heterocycles. The number of nitrogens with two attached hydrogens (primary N) is 1. The Bertz CT molecular complexity index is 725. The van der Waals surface area contributed by atoms with E-state index in [1.165, 1.54) is 17.7 Å². The first-order valence-corrected chi connectivity index (χ1v) is 8.84. The summed E-state index contributed by atoms with van der Waals surface area (Å²) in [7, 11) is 0. The number of carbonyl (C=O) groups is 1. The summed E-state index contributed by atoms with van der Waals surface area (Å²) in [6.45, 7) is 4.73. The number of halogens is 1. The van der Waals surface area contributed by atoms with E-state index in [1.807, 2.05) is 12.1 Å². The number of hydrogen-bond acceptors (Lipinski definition) is 2. The highest BCUT2D eigenvalue weighted by Crippen LogP contribution is 2.47. The Morgan fingerprint density at radius 2 is 1.72 bits per heavy atom. The molecule has 4 heteroatoms. The molecule has 132 valence electrons. The maximum Gasteiger partial charge on any atom is 0.223 e. The summed E-state index contributed by atoms with van der Waals surface area (Å²) in [4.78, 5) is 12.3. The average molecular weight is 340 g/mol. The number of rotatable bonds is 6. The fraction of sp³-hybridized carbons (Fsp3) is 0.381. The van der Waals surface area contributed by atoms with Gasteiger partial charge < -0.3 is 11.1 Å². The molecule has 0 bridgehead atoms. The smallest absolute Gasteiger partial charge is 0.223 e. The number of hydrogen-bond donors (Lipinski definition) is 2. The van der Waals surface area contributed by atoms with E-state index in [0.717, 1.165) is 17.5 Å². The van der Waals surface area contributed by atoms with Crippen molar-refractivity contribution in [2.45, 2.75) is 38.1 Å². The molecule has 3 nitrogen and oxygen atoms in total. The summed E-state index contributed by atoms with van der Waals surface area (Å²) in [5.41, 5.74) is 9.52. The first-order chi connectivity index (χ1) is 12.0. The Hall–Kier alpha value is -2.20. The van der Waals surface area contributed by atoms with Gasteiger partial charge in [-0.15, -0.1) is 0 Å². The zero-order chi connectivity index (χ0) is 18.0. The second-order valence-electron chi connectivity index (χ2n) is 7.17. The Morgan fingerprint density at radius 1 is 1.12 bits per heavy atom. The van der Waals surface area contributed by atoms with Crippen molar-refractivity contribution in [3.05, 3.63) is 71.0 Å². The van der Waals surface area contributed by atoms with Gasteiger partial charge in [-0.1, -0.05) is 50.2 Å². The van der Waals surface area contributed by atoms with Crippen LogP contribution in [-0.2, 0) is 4.79 Å². The first-order valence-electron chi connectivity index (χ1n) is 8.84. The highest BCUT2D eigenvalue weighted by molar-refractivity contribution is 5.82. The molecular weight excluding hydrogens is 315 g/mol. The highest BCUT2D eigenvalue weighted by atomic mass is 19.1. The Labute approximate surface area is 148 Å². The maximum atomic E-state index is 13.0. The lowest BCUT2D eigenvalue weighted by atomic mass is 9.99. The lowest BCUT2D eigenvalue weighted by molar-refractivity contribution is -0.122. The van der Waals surface area contributed by atoms with Gasteiger partial charge in [-0.2, -0.15) is 0 Å². The van der Waals surface area contributed by atoms with E-state index in [9.17, 15) is 9.18 Å². The van der Waals surface area contributed by atoms with Crippen molar-refractivity contribution in [1.82, 2.24) is 5.32 Å². The molecule has 1 aliphatic rings.